The largest absolute Gasteiger partial charge is 0.493 e. The third kappa shape index (κ3) is 3.09. The highest BCUT2D eigenvalue weighted by Crippen LogP contribution is 2.37. The molecule has 0 bridgehead atoms. The highest BCUT2D eigenvalue weighted by Gasteiger charge is 2.24. The average molecular weight is 242 g/mol. The SMILES string of the molecule is COc1cc(CCO)c(C(C)(C)F)cc1OC. The molecule has 0 heterocycles. The molecule has 0 saturated carbocycles. The third-order valence-corrected chi connectivity index (χ3v) is 2.63. The van der Waals surface area contributed by atoms with Crippen LogP contribution in [0.2, 0.25) is 0 Å². The van der Waals surface area contributed by atoms with Gasteiger partial charge >= 0.3 is 0 Å². The number of benzene rings is 1. The van der Waals surface area contributed by atoms with E-state index in [1.807, 2.05) is 0 Å². The van der Waals surface area contributed by atoms with Gasteiger partial charge in [-0.25, -0.2) is 4.39 Å². The van der Waals surface area contributed by atoms with E-state index in [2.05, 4.69) is 0 Å². The smallest absolute Gasteiger partial charge is 0.161 e. The van der Waals surface area contributed by atoms with Crippen LogP contribution in [0.15, 0.2) is 12.1 Å². The van der Waals surface area contributed by atoms with E-state index >= 15 is 0 Å². The van der Waals surface area contributed by atoms with Gasteiger partial charge in [-0.1, -0.05) is 0 Å². The lowest BCUT2D eigenvalue weighted by Crippen LogP contribution is -2.14. The Labute approximate surface area is 101 Å². The summed E-state index contributed by atoms with van der Waals surface area (Å²) in [6.45, 7) is 2.93. The Bertz CT molecular complexity index is 383. The van der Waals surface area contributed by atoms with E-state index in [1.54, 1.807) is 12.1 Å². The molecule has 0 aliphatic rings. The number of ether oxygens (including phenoxy) is 2. The van der Waals surface area contributed by atoms with Crippen LogP contribution in [0.25, 0.3) is 0 Å². The molecule has 1 aromatic carbocycles. The van der Waals surface area contributed by atoms with Gasteiger partial charge in [-0.2, -0.15) is 0 Å². The fourth-order valence-electron chi connectivity index (χ4n) is 1.80. The molecule has 0 saturated heterocycles. The van der Waals surface area contributed by atoms with Crippen molar-refractivity contribution in [3.05, 3.63) is 23.3 Å². The predicted molar refractivity (Wildman–Crippen MR) is 64.5 cm³/mol. The van der Waals surface area contributed by atoms with Gasteiger partial charge in [0.1, 0.15) is 5.67 Å². The number of aliphatic hydroxyl groups excluding tert-OH is 1. The van der Waals surface area contributed by atoms with Crippen LogP contribution in [0.1, 0.15) is 25.0 Å². The van der Waals surface area contributed by atoms with E-state index in [4.69, 9.17) is 14.6 Å². The Kier molecular flexibility index (Phi) is 4.34. The second kappa shape index (κ2) is 5.36. The molecule has 4 heteroatoms. The predicted octanol–water partition coefficient (Wildman–Crippen LogP) is 2.44. The molecule has 1 rings (SSSR count). The van der Waals surface area contributed by atoms with Crippen molar-refractivity contribution < 1.29 is 19.0 Å². The maximum Gasteiger partial charge on any atom is 0.161 e. The van der Waals surface area contributed by atoms with Crippen LogP contribution >= 0.6 is 0 Å². The molecule has 0 unspecified atom stereocenters. The van der Waals surface area contributed by atoms with Gasteiger partial charge in [-0.15, -0.1) is 0 Å². The maximum atomic E-state index is 14.1. The Hall–Kier alpha value is -1.29. The Morgan fingerprint density at radius 1 is 1.18 bits per heavy atom. The van der Waals surface area contributed by atoms with Crippen molar-refractivity contribution in [1.82, 2.24) is 0 Å². The minimum atomic E-state index is -1.48. The summed E-state index contributed by atoms with van der Waals surface area (Å²) in [6, 6.07) is 3.34. The highest BCUT2D eigenvalue weighted by atomic mass is 19.1. The molecule has 0 aromatic heterocycles. The summed E-state index contributed by atoms with van der Waals surface area (Å²) in [7, 11) is 3.04. The maximum absolute atomic E-state index is 14.1. The van der Waals surface area contributed by atoms with Crippen LogP contribution in [0.4, 0.5) is 4.39 Å². The van der Waals surface area contributed by atoms with E-state index in [0.29, 0.717) is 23.5 Å². The molecule has 0 aliphatic carbocycles. The summed E-state index contributed by atoms with van der Waals surface area (Å²) in [4.78, 5) is 0. The van der Waals surface area contributed by atoms with Gasteiger partial charge in [-0.05, 0) is 43.5 Å². The molecule has 0 aliphatic heterocycles. The van der Waals surface area contributed by atoms with Gasteiger partial charge in [-0.3, -0.25) is 0 Å². The van der Waals surface area contributed by atoms with Crippen molar-refractivity contribution in [2.75, 3.05) is 20.8 Å². The van der Waals surface area contributed by atoms with Crippen LogP contribution in [-0.2, 0) is 12.1 Å². The molecular formula is C13H19FO3. The fourth-order valence-corrected chi connectivity index (χ4v) is 1.80. The Morgan fingerprint density at radius 3 is 2.12 bits per heavy atom. The molecule has 17 heavy (non-hydrogen) atoms. The molecule has 0 atom stereocenters. The molecule has 0 amide bonds. The quantitative estimate of drug-likeness (QED) is 0.862. The topological polar surface area (TPSA) is 38.7 Å². The number of methoxy groups -OCH3 is 2. The Morgan fingerprint density at radius 2 is 1.71 bits per heavy atom. The van der Waals surface area contributed by atoms with Gasteiger partial charge in [0.05, 0.1) is 14.2 Å². The molecule has 1 N–H and O–H groups in total. The van der Waals surface area contributed by atoms with Crippen LogP contribution in [0.5, 0.6) is 11.5 Å². The normalized spacial score (nSPS) is 11.4. The van der Waals surface area contributed by atoms with Gasteiger partial charge in [0.2, 0.25) is 0 Å². The summed E-state index contributed by atoms with van der Waals surface area (Å²) in [5.41, 5.74) is -0.230. The van der Waals surface area contributed by atoms with E-state index < -0.39 is 5.67 Å². The highest BCUT2D eigenvalue weighted by molar-refractivity contribution is 5.49. The molecule has 0 fully saturated rings. The number of alkyl halides is 1. The number of hydrogen-bond acceptors (Lipinski definition) is 3. The van der Waals surface area contributed by atoms with Crippen molar-refractivity contribution in [2.45, 2.75) is 25.9 Å². The lowest BCUT2D eigenvalue weighted by Gasteiger charge is -2.21. The van der Waals surface area contributed by atoms with Crippen molar-refractivity contribution in [3.8, 4) is 11.5 Å². The lowest BCUT2D eigenvalue weighted by atomic mass is 9.92. The van der Waals surface area contributed by atoms with Crippen molar-refractivity contribution >= 4 is 0 Å². The monoisotopic (exact) mass is 242 g/mol. The first-order valence-electron chi connectivity index (χ1n) is 5.49. The zero-order valence-corrected chi connectivity index (χ0v) is 10.7. The minimum Gasteiger partial charge on any atom is -0.493 e. The first kappa shape index (κ1) is 13.8. The molecule has 96 valence electrons. The van der Waals surface area contributed by atoms with Gasteiger partial charge < -0.3 is 14.6 Å². The third-order valence-electron chi connectivity index (χ3n) is 2.63. The van der Waals surface area contributed by atoms with E-state index in [0.717, 1.165) is 5.56 Å². The van der Waals surface area contributed by atoms with Crippen molar-refractivity contribution in [3.63, 3.8) is 0 Å². The summed E-state index contributed by atoms with van der Waals surface area (Å²) in [5.74, 6) is 1.04. The van der Waals surface area contributed by atoms with Crippen LogP contribution in [-0.4, -0.2) is 25.9 Å². The summed E-state index contributed by atoms with van der Waals surface area (Å²) in [5, 5.41) is 9.01. The first-order chi connectivity index (χ1) is 7.93. The van der Waals surface area contributed by atoms with Gasteiger partial charge in [0.25, 0.3) is 0 Å². The number of halogens is 1. The average Bonchev–Trinajstić information content (AvgIpc) is 2.27. The second-order valence-electron chi connectivity index (χ2n) is 4.31. The zero-order chi connectivity index (χ0) is 13.1. The molecule has 1 aromatic rings. The van der Waals surface area contributed by atoms with Crippen LogP contribution < -0.4 is 9.47 Å². The molecule has 0 radical (unpaired) electrons. The van der Waals surface area contributed by atoms with Crippen molar-refractivity contribution in [1.29, 1.82) is 0 Å². The van der Waals surface area contributed by atoms with Crippen LogP contribution in [0, 0.1) is 0 Å². The Balaban J connectivity index is 3.35. The lowest BCUT2D eigenvalue weighted by molar-refractivity contribution is 0.217. The number of rotatable bonds is 5. The molecule has 0 spiro atoms. The molecule has 3 nitrogen and oxygen atoms in total. The van der Waals surface area contributed by atoms with E-state index in [-0.39, 0.29) is 6.61 Å². The number of aliphatic hydroxyl groups is 1. The van der Waals surface area contributed by atoms with Gasteiger partial charge in [0.15, 0.2) is 11.5 Å². The standard InChI is InChI=1S/C13H19FO3/c1-13(2,14)10-8-12(17-4)11(16-3)7-9(10)5-6-15/h7-8,15H,5-6H2,1-4H3. The summed E-state index contributed by atoms with van der Waals surface area (Å²) >= 11 is 0. The minimum absolute atomic E-state index is 0.0292. The fraction of sp³-hybridized carbons (Fsp3) is 0.538. The van der Waals surface area contributed by atoms with E-state index in [9.17, 15) is 4.39 Å². The second-order valence-corrected chi connectivity index (χ2v) is 4.31. The summed E-state index contributed by atoms with van der Waals surface area (Å²) in [6.07, 6.45) is 0.392. The zero-order valence-electron chi connectivity index (χ0n) is 10.7. The van der Waals surface area contributed by atoms with Crippen molar-refractivity contribution in [2.24, 2.45) is 0 Å². The number of hydrogen-bond donors (Lipinski definition) is 1. The summed E-state index contributed by atoms with van der Waals surface area (Å²) < 4.78 is 24.4. The first-order valence-corrected chi connectivity index (χ1v) is 5.49. The van der Waals surface area contributed by atoms with Gasteiger partial charge in [0, 0.05) is 6.61 Å². The molecular weight excluding hydrogens is 223 g/mol. The van der Waals surface area contributed by atoms with E-state index in [1.165, 1.54) is 28.1 Å². The van der Waals surface area contributed by atoms with Crippen LogP contribution in [0.3, 0.4) is 0 Å².